The maximum Gasteiger partial charge on any atom is 0.146 e. The molecule has 1 aromatic rings. The van der Waals surface area contributed by atoms with Crippen molar-refractivity contribution < 1.29 is 4.39 Å². The predicted octanol–water partition coefficient (Wildman–Crippen LogP) is 3.63. The fourth-order valence-corrected chi connectivity index (χ4v) is 2.48. The third-order valence-electron chi connectivity index (χ3n) is 3.77. The largest absolute Gasteiger partial charge is 0.381 e. The lowest BCUT2D eigenvalue weighted by Crippen LogP contribution is -2.26. The molecule has 1 aromatic carbocycles. The lowest BCUT2D eigenvalue weighted by atomic mass is 9.87. The van der Waals surface area contributed by atoms with Crippen LogP contribution in [0.3, 0.4) is 0 Å². The van der Waals surface area contributed by atoms with Gasteiger partial charge in [0.1, 0.15) is 5.82 Å². The molecule has 1 fully saturated rings. The molecule has 0 bridgehead atoms. The molecule has 2 rings (SSSR count). The summed E-state index contributed by atoms with van der Waals surface area (Å²) in [4.78, 5) is 2.43. The van der Waals surface area contributed by atoms with E-state index < -0.39 is 0 Å². The summed E-state index contributed by atoms with van der Waals surface area (Å²) in [5.74, 6) is -0.158. The summed E-state index contributed by atoms with van der Waals surface area (Å²) in [6.07, 6.45) is 2.60. The van der Waals surface area contributed by atoms with Crippen molar-refractivity contribution in [2.75, 3.05) is 31.5 Å². The highest BCUT2D eigenvalue weighted by molar-refractivity contribution is 5.48. The highest BCUT2D eigenvalue weighted by atomic mass is 19.1. The van der Waals surface area contributed by atoms with Crippen molar-refractivity contribution in [1.82, 2.24) is 4.90 Å². The Morgan fingerprint density at radius 1 is 1.21 bits per heavy atom. The van der Waals surface area contributed by atoms with Crippen LogP contribution in [0, 0.1) is 5.82 Å². The van der Waals surface area contributed by atoms with Gasteiger partial charge in [0.05, 0.1) is 5.69 Å². The Morgan fingerprint density at radius 2 is 1.89 bits per heavy atom. The topological polar surface area (TPSA) is 15.3 Å². The van der Waals surface area contributed by atoms with Crippen LogP contribution >= 0.6 is 0 Å². The van der Waals surface area contributed by atoms with Crippen LogP contribution in [0.2, 0.25) is 0 Å². The van der Waals surface area contributed by atoms with Gasteiger partial charge in [0.25, 0.3) is 0 Å². The van der Waals surface area contributed by atoms with Crippen LogP contribution in [0.25, 0.3) is 0 Å². The molecule has 1 N–H and O–H groups in total. The average molecular weight is 264 g/mol. The van der Waals surface area contributed by atoms with Crippen molar-refractivity contribution in [2.45, 2.75) is 39.0 Å². The van der Waals surface area contributed by atoms with Crippen LogP contribution in [-0.4, -0.2) is 31.1 Å². The zero-order valence-electron chi connectivity index (χ0n) is 12.3. The smallest absolute Gasteiger partial charge is 0.146 e. The molecule has 0 spiro atoms. The standard InChI is InChI=1S/C16H25FN2/c1-16(2,3)13-6-7-14(17)15(12-13)18-8-11-19-9-4-5-10-19/h6-7,12,18H,4-5,8-11H2,1-3H3. The van der Waals surface area contributed by atoms with Crippen LogP contribution < -0.4 is 5.32 Å². The summed E-state index contributed by atoms with van der Waals surface area (Å²) in [6, 6.07) is 5.39. The van der Waals surface area contributed by atoms with E-state index in [2.05, 4.69) is 31.0 Å². The van der Waals surface area contributed by atoms with Gasteiger partial charge in [0.15, 0.2) is 0 Å². The van der Waals surface area contributed by atoms with E-state index in [9.17, 15) is 4.39 Å². The molecule has 0 aliphatic carbocycles. The lowest BCUT2D eigenvalue weighted by Gasteiger charge is -2.21. The minimum Gasteiger partial charge on any atom is -0.381 e. The Labute approximate surface area is 116 Å². The first-order chi connectivity index (χ1) is 8.97. The first kappa shape index (κ1) is 14.3. The monoisotopic (exact) mass is 264 g/mol. The zero-order chi connectivity index (χ0) is 13.9. The number of nitrogens with zero attached hydrogens (tertiary/aromatic N) is 1. The highest BCUT2D eigenvalue weighted by Crippen LogP contribution is 2.26. The molecule has 0 amide bonds. The van der Waals surface area contributed by atoms with E-state index in [0.29, 0.717) is 5.69 Å². The molecule has 1 heterocycles. The SMILES string of the molecule is CC(C)(C)c1ccc(F)c(NCCN2CCCC2)c1. The Hall–Kier alpha value is -1.09. The molecule has 0 saturated carbocycles. The van der Waals surface area contributed by atoms with Crippen molar-refractivity contribution >= 4 is 5.69 Å². The maximum atomic E-state index is 13.8. The van der Waals surface area contributed by atoms with Gasteiger partial charge in [-0.05, 0) is 49.0 Å². The van der Waals surface area contributed by atoms with E-state index in [-0.39, 0.29) is 11.2 Å². The van der Waals surface area contributed by atoms with Crippen molar-refractivity contribution in [3.63, 3.8) is 0 Å². The van der Waals surface area contributed by atoms with Gasteiger partial charge in [0, 0.05) is 13.1 Å². The number of likely N-dealkylation sites (tertiary alicyclic amines) is 1. The summed E-state index contributed by atoms with van der Waals surface area (Å²) in [7, 11) is 0. The van der Waals surface area contributed by atoms with Gasteiger partial charge in [0.2, 0.25) is 0 Å². The quantitative estimate of drug-likeness (QED) is 0.893. The molecular weight excluding hydrogens is 239 g/mol. The predicted molar refractivity (Wildman–Crippen MR) is 79.3 cm³/mol. The van der Waals surface area contributed by atoms with Crippen LogP contribution in [0.1, 0.15) is 39.2 Å². The number of rotatable bonds is 4. The fraction of sp³-hybridized carbons (Fsp3) is 0.625. The number of hydrogen-bond donors (Lipinski definition) is 1. The molecule has 19 heavy (non-hydrogen) atoms. The van der Waals surface area contributed by atoms with Crippen molar-refractivity contribution in [2.24, 2.45) is 0 Å². The highest BCUT2D eigenvalue weighted by Gasteiger charge is 2.16. The summed E-state index contributed by atoms with van der Waals surface area (Å²) >= 11 is 0. The molecule has 3 heteroatoms. The normalized spacial score (nSPS) is 16.8. The number of anilines is 1. The first-order valence-corrected chi connectivity index (χ1v) is 7.23. The Morgan fingerprint density at radius 3 is 2.53 bits per heavy atom. The molecular formula is C16H25FN2. The Bertz CT molecular complexity index is 417. The Kier molecular flexibility index (Phi) is 4.46. The molecule has 0 atom stereocenters. The van der Waals surface area contributed by atoms with Crippen LogP contribution in [-0.2, 0) is 5.41 Å². The van der Waals surface area contributed by atoms with Crippen LogP contribution in [0.5, 0.6) is 0 Å². The van der Waals surface area contributed by atoms with E-state index in [4.69, 9.17) is 0 Å². The number of benzene rings is 1. The third kappa shape index (κ3) is 3.93. The van der Waals surface area contributed by atoms with Gasteiger partial charge in [-0.3, -0.25) is 0 Å². The minimum atomic E-state index is -0.158. The van der Waals surface area contributed by atoms with E-state index in [1.165, 1.54) is 25.9 Å². The van der Waals surface area contributed by atoms with Gasteiger partial charge < -0.3 is 10.2 Å². The third-order valence-corrected chi connectivity index (χ3v) is 3.77. The second kappa shape index (κ2) is 5.91. The van der Waals surface area contributed by atoms with Crippen molar-refractivity contribution in [3.8, 4) is 0 Å². The van der Waals surface area contributed by atoms with Crippen molar-refractivity contribution in [3.05, 3.63) is 29.6 Å². The molecule has 0 unspecified atom stereocenters. The molecule has 106 valence electrons. The van der Waals surface area contributed by atoms with Crippen LogP contribution in [0.15, 0.2) is 18.2 Å². The summed E-state index contributed by atoms with van der Waals surface area (Å²) in [6.45, 7) is 10.6. The van der Waals surface area contributed by atoms with Gasteiger partial charge in [-0.15, -0.1) is 0 Å². The number of nitrogens with one attached hydrogen (secondary N) is 1. The second-order valence-electron chi connectivity index (χ2n) is 6.42. The zero-order valence-corrected chi connectivity index (χ0v) is 12.3. The van der Waals surface area contributed by atoms with Gasteiger partial charge in [-0.2, -0.15) is 0 Å². The van der Waals surface area contributed by atoms with E-state index in [1.54, 1.807) is 6.07 Å². The molecule has 2 nitrogen and oxygen atoms in total. The van der Waals surface area contributed by atoms with E-state index in [0.717, 1.165) is 18.7 Å². The summed E-state index contributed by atoms with van der Waals surface area (Å²) in [5.41, 5.74) is 1.85. The molecule has 1 saturated heterocycles. The first-order valence-electron chi connectivity index (χ1n) is 7.23. The van der Waals surface area contributed by atoms with Gasteiger partial charge in [-0.25, -0.2) is 4.39 Å². The fourth-order valence-electron chi connectivity index (χ4n) is 2.48. The second-order valence-corrected chi connectivity index (χ2v) is 6.42. The summed E-state index contributed by atoms with van der Waals surface area (Å²) in [5, 5.41) is 3.24. The average Bonchev–Trinajstić information content (AvgIpc) is 2.83. The molecule has 0 aromatic heterocycles. The number of halogens is 1. The van der Waals surface area contributed by atoms with Gasteiger partial charge >= 0.3 is 0 Å². The number of hydrogen-bond acceptors (Lipinski definition) is 2. The summed E-state index contributed by atoms with van der Waals surface area (Å²) < 4.78 is 13.8. The van der Waals surface area contributed by atoms with Gasteiger partial charge in [-0.1, -0.05) is 26.8 Å². The Balaban J connectivity index is 1.94. The maximum absolute atomic E-state index is 13.8. The van der Waals surface area contributed by atoms with E-state index in [1.807, 2.05) is 12.1 Å². The molecule has 1 aliphatic rings. The van der Waals surface area contributed by atoms with Crippen LogP contribution in [0.4, 0.5) is 10.1 Å². The minimum absolute atomic E-state index is 0.0546. The molecule has 1 aliphatic heterocycles. The van der Waals surface area contributed by atoms with Crippen molar-refractivity contribution in [1.29, 1.82) is 0 Å². The van der Waals surface area contributed by atoms with E-state index >= 15 is 0 Å². The molecule has 0 radical (unpaired) electrons. The lowest BCUT2D eigenvalue weighted by molar-refractivity contribution is 0.352.